The third kappa shape index (κ3) is 3.85. The van der Waals surface area contributed by atoms with Crippen LogP contribution in [0.1, 0.15) is 10.4 Å². The molecule has 0 spiro atoms. The van der Waals surface area contributed by atoms with Crippen molar-refractivity contribution in [1.82, 2.24) is 9.97 Å². The van der Waals surface area contributed by atoms with Crippen molar-refractivity contribution in [2.45, 2.75) is 5.16 Å². The van der Waals surface area contributed by atoms with Crippen molar-refractivity contribution in [1.29, 1.82) is 0 Å². The van der Waals surface area contributed by atoms with Crippen LogP contribution in [0.2, 0.25) is 0 Å². The molecule has 2 aromatic rings. The Kier molecular flexibility index (Phi) is 4.99. The quantitative estimate of drug-likeness (QED) is 0.497. The first-order valence-electron chi connectivity index (χ1n) is 6.07. The van der Waals surface area contributed by atoms with E-state index in [2.05, 4.69) is 9.97 Å². The van der Waals surface area contributed by atoms with Gasteiger partial charge in [-0.25, -0.2) is 4.98 Å². The SMILES string of the molecule is COc1ccc(C(=O)CSc2nccc(=O)[nH]2)cc1OC. The van der Waals surface area contributed by atoms with Crippen LogP contribution in [-0.4, -0.2) is 35.7 Å². The second-order valence-electron chi connectivity index (χ2n) is 4.02. The summed E-state index contributed by atoms with van der Waals surface area (Å²) in [5.41, 5.74) is 0.268. The number of ether oxygens (including phenoxy) is 2. The maximum absolute atomic E-state index is 12.1. The average molecular weight is 306 g/mol. The summed E-state index contributed by atoms with van der Waals surface area (Å²) in [5, 5.41) is 0.413. The zero-order valence-electron chi connectivity index (χ0n) is 11.6. The highest BCUT2D eigenvalue weighted by atomic mass is 32.2. The van der Waals surface area contributed by atoms with E-state index in [1.165, 1.54) is 38.2 Å². The molecule has 6 nitrogen and oxygen atoms in total. The molecule has 7 heteroatoms. The van der Waals surface area contributed by atoms with Crippen LogP contribution < -0.4 is 15.0 Å². The first-order valence-corrected chi connectivity index (χ1v) is 7.06. The number of ketones is 1. The van der Waals surface area contributed by atoms with Gasteiger partial charge in [0.1, 0.15) is 0 Å². The number of Topliss-reactive ketones (excluding diaryl/α,β-unsaturated/α-hetero) is 1. The molecule has 21 heavy (non-hydrogen) atoms. The summed E-state index contributed by atoms with van der Waals surface area (Å²) in [5.74, 6) is 1.14. The number of thioether (sulfide) groups is 1. The molecule has 0 saturated carbocycles. The number of hydrogen-bond donors (Lipinski definition) is 1. The van der Waals surface area contributed by atoms with Crippen LogP contribution in [0.25, 0.3) is 0 Å². The molecule has 0 radical (unpaired) electrons. The van der Waals surface area contributed by atoms with E-state index in [0.29, 0.717) is 22.2 Å². The summed E-state index contributed by atoms with van der Waals surface area (Å²) in [6, 6.07) is 6.30. The van der Waals surface area contributed by atoms with Crippen LogP contribution in [-0.2, 0) is 0 Å². The largest absolute Gasteiger partial charge is 0.493 e. The number of carbonyl (C=O) groups is 1. The maximum atomic E-state index is 12.1. The molecule has 0 aliphatic heterocycles. The Labute approximate surface area is 125 Å². The van der Waals surface area contributed by atoms with Crippen LogP contribution in [0.15, 0.2) is 40.4 Å². The van der Waals surface area contributed by atoms with Crippen LogP contribution in [0.4, 0.5) is 0 Å². The molecule has 0 fully saturated rings. The maximum Gasteiger partial charge on any atom is 0.251 e. The van der Waals surface area contributed by atoms with E-state index in [1.807, 2.05) is 0 Å². The highest BCUT2D eigenvalue weighted by molar-refractivity contribution is 7.99. The van der Waals surface area contributed by atoms with Gasteiger partial charge < -0.3 is 14.5 Å². The summed E-state index contributed by atoms with van der Waals surface area (Å²) >= 11 is 1.17. The number of nitrogens with one attached hydrogen (secondary N) is 1. The Morgan fingerprint density at radius 3 is 2.67 bits per heavy atom. The predicted octanol–water partition coefficient (Wildman–Crippen LogP) is 1.76. The zero-order valence-corrected chi connectivity index (χ0v) is 12.4. The van der Waals surface area contributed by atoms with Gasteiger partial charge in [-0.2, -0.15) is 0 Å². The van der Waals surface area contributed by atoms with E-state index < -0.39 is 0 Å². The van der Waals surface area contributed by atoms with Crippen molar-refractivity contribution < 1.29 is 14.3 Å². The molecular weight excluding hydrogens is 292 g/mol. The first-order chi connectivity index (χ1) is 10.1. The van der Waals surface area contributed by atoms with Crippen molar-refractivity contribution >= 4 is 17.5 Å². The minimum absolute atomic E-state index is 0.0903. The summed E-state index contributed by atoms with van der Waals surface area (Å²) in [6.45, 7) is 0. The Hall–Kier alpha value is -2.28. The van der Waals surface area contributed by atoms with Gasteiger partial charge in [-0.05, 0) is 18.2 Å². The molecule has 1 aromatic carbocycles. The van der Waals surface area contributed by atoms with Gasteiger partial charge >= 0.3 is 0 Å². The molecule has 0 unspecified atom stereocenters. The number of nitrogens with zero attached hydrogens (tertiary/aromatic N) is 1. The molecule has 0 atom stereocenters. The summed E-state index contributed by atoms with van der Waals surface area (Å²) in [4.78, 5) is 29.8. The van der Waals surface area contributed by atoms with Gasteiger partial charge in [-0.3, -0.25) is 9.59 Å². The molecule has 2 rings (SSSR count). The summed E-state index contributed by atoms with van der Waals surface area (Å²) in [7, 11) is 3.05. The van der Waals surface area contributed by atoms with E-state index >= 15 is 0 Å². The fourth-order valence-corrected chi connectivity index (χ4v) is 2.39. The van der Waals surface area contributed by atoms with Crippen LogP contribution in [0.5, 0.6) is 11.5 Å². The lowest BCUT2D eigenvalue weighted by atomic mass is 10.1. The number of methoxy groups -OCH3 is 2. The topological polar surface area (TPSA) is 81.3 Å². The lowest BCUT2D eigenvalue weighted by Crippen LogP contribution is -2.08. The Morgan fingerprint density at radius 1 is 1.24 bits per heavy atom. The Bertz CT molecular complexity index is 699. The molecule has 0 aliphatic rings. The van der Waals surface area contributed by atoms with Crippen LogP contribution >= 0.6 is 11.8 Å². The van der Waals surface area contributed by atoms with E-state index in [4.69, 9.17) is 9.47 Å². The molecule has 1 heterocycles. The third-order valence-corrected chi connectivity index (χ3v) is 3.58. The lowest BCUT2D eigenvalue weighted by Gasteiger charge is -2.08. The first kappa shape index (κ1) is 15.1. The van der Waals surface area contributed by atoms with Gasteiger partial charge in [0.2, 0.25) is 0 Å². The van der Waals surface area contributed by atoms with Gasteiger partial charge in [0.25, 0.3) is 5.56 Å². The van der Waals surface area contributed by atoms with Gasteiger partial charge in [0.05, 0.1) is 20.0 Å². The number of hydrogen-bond acceptors (Lipinski definition) is 6. The zero-order chi connectivity index (χ0) is 15.2. The number of H-pyrrole nitrogens is 1. The summed E-state index contributed by atoms with van der Waals surface area (Å²) in [6.07, 6.45) is 1.40. The Morgan fingerprint density at radius 2 is 2.00 bits per heavy atom. The fraction of sp³-hybridized carbons (Fsp3) is 0.214. The van der Waals surface area contributed by atoms with Crippen molar-refractivity contribution in [2.24, 2.45) is 0 Å². The van der Waals surface area contributed by atoms with Gasteiger partial charge in [0, 0.05) is 17.8 Å². The van der Waals surface area contributed by atoms with Crippen molar-refractivity contribution in [3.63, 3.8) is 0 Å². The smallest absolute Gasteiger partial charge is 0.251 e. The second-order valence-corrected chi connectivity index (χ2v) is 4.98. The van der Waals surface area contributed by atoms with E-state index in [-0.39, 0.29) is 17.1 Å². The number of aromatic amines is 1. The molecule has 1 aromatic heterocycles. The van der Waals surface area contributed by atoms with Crippen LogP contribution in [0.3, 0.4) is 0 Å². The van der Waals surface area contributed by atoms with Gasteiger partial charge in [-0.15, -0.1) is 0 Å². The third-order valence-electron chi connectivity index (χ3n) is 2.69. The second kappa shape index (κ2) is 6.94. The van der Waals surface area contributed by atoms with Crippen molar-refractivity contribution in [2.75, 3.05) is 20.0 Å². The molecule has 1 N–H and O–H groups in total. The number of rotatable bonds is 6. The van der Waals surface area contributed by atoms with E-state index in [0.717, 1.165) is 0 Å². The van der Waals surface area contributed by atoms with Gasteiger partial charge in [0.15, 0.2) is 22.4 Å². The standard InChI is InChI=1S/C14H14N2O4S/c1-19-11-4-3-9(7-12(11)20-2)10(17)8-21-14-15-6-5-13(18)16-14/h3-7H,8H2,1-2H3,(H,15,16,18). The molecule has 0 saturated heterocycles. The minimum Gasteiger partial charge on any atom is -0.493 e. The van der Waals surface area contributed by atoms with E-state index in [1.54, 1.807) is 18.2 Å². The fourth-order valence-electron chi connectivity index (χ4n) is 1.65. The van der Waals surface area contributed by atoms with Gasteiger partial charge in [-0.1, -0.05) is 11.8 Å². The summed E-state index contributed by atoms with van der Waals surface area (Å²) < 4.78 is 10.3. The average Bonchev–Trinajstić information content (AvgIpc) is 2.52. The van der Waals surface area contributed by atoms with Crippen molar-refractivity contribution in [3.05, 3.63) is 46.4 Å². The lowest BCUT2D eigenvalue weighted by molar-refractivity contribution is 0.102. The Balaban J connectivity index is 2.08. The molecular formula is C14H14N2O4S. The number of benzene rings is 1. The highest BCUT2D eigenvalue weighted by Crippen LogP contribution is 2.28. The highest BCUT2D eigenvalue weighted by Gasteiger charge is 2.11. The van der Waals surface area contributed by atoms with E-state index in [9.17, 15) is 9.59 Å². The minimum atomic E-state index is -0.244. The molecule has 0 amide bonds. The number of carbonyl (C=O) groups excluding carboxylic acids is 1. The van der Waals surface area contributed by atoms with Crippen molar-refractivity contribution in [3.8, 4) is 11.5 Å². The molecule has 0 bridgehead atoms. The predicted molar refractivity (Wildman–Crippen MR) is 79.5 cm³/mol. The molecule has 0 aliphatic carbocycles. The monoisotopic (exact) mass is 306 g/mol. The normalized spacial score (nSPS) is 10.2. The number of aromatic nitrogens is 2. The molecule has 110 valence electrons. The van der Waals surface area contributed by atoms with Crippen LogP contribution in [0, 0.1) is 0 Å².